The van der Waals surface area contributed by atoms with E-state index in [0.29, 0.717) is 36.8 Å². The lowest BCUT2D eigenvalue weighted by atomic mass is 10.0. The minimum Gasteiger partial charge on any atom is -0.472 e. The first kappa shape index (κ1) is 13.4. The SMILES string of the molecule is CCC(C)C1COC(C2=NC(C(C)CC)CO2)=N1. The third-order valence-electron chi connectivity index (χ3n) is 4.13. The van der Waals surface area contributed by atoms with E-state index < -0.39 is 0 Å². The number of hydrogen-bond acceptors (Lipinski definition) is 4. The predicted molar refractivity (Wildman–Crippen MR) is 73.3 cm³/mol. The summed E-state index contributed by atoms with van der Waals surface area (Å²) in [5.74, 6) is 2.34. The van der Waals surface area contributed by atoms with Gasteiger partial charge in [0, 0.05) is 0 Å². The van der Waals surface area contributed by atoms with Gasteiger partial charge in [-0.2, -0.15) is 0 Å². The zero-order chi connectivity index (χ0) is 13.1. The second-order valence-corrected chi connectivity index (χ2v) is 5.40. The van der Waals surface area contributed by atoms with Crippen LogP contribution in [0.3, 0.4) is 0 Å². The highest BCUT2D eigenvalue weighted by atomic mass is 16.5. The lowest BCUT2D eigenvalue weighted by molar-refractivity contribution is 0.265. The molecule has 4 heteroatoms. The van der Waals surface area contributed by atoms with Crippen LogP contribution in [0.5, 0.6) is 0 Å². The van der Waals surface area contributed by atoms with Gasteiger partial charge >= 0.3 is 0 Å². The summed E-state index contributed by atoms with van der Waals surface area (Å²) in [6.45, 7) is 10.1. The fourth-order valence-electron chi connectivity index (χ4n) is 2.14. The van der Waals surface area contributed by atoms with Crippen LogP contribution in [-0.2, 0) is 9.47 Å². The van der Waals surface area contributed by atoms with E-state index >= 15 is 0 Å². The molecule has 2 aliphatic heterocycles. The van der Waals surface area contributed by atoms with E-state index in [2.05, 4.69) is 37.7 Å². The van der Waals surface area contributed by atoms with E-state index in [0.717, 1.165) is 12.8 Å². The van der Waals surface area contributed by atoms with Gasteiger partial charge in [-0.25, -0.2) is 9.98 Å². The number of nitrogens with zero attached hydrogens (tertiary/aromatic N) is 2. The van der Waals surface area contributed by atoms with Crippen molar-refractivity contribution < 1.29 is 9.47 Å². The first-order valence-corrected chi connectivity index (χ1v) is 7.07. The van der Waals surface area contributed by atoms with Gasteiger partial charge in [0.25, 0.3) is 11.8 Å². The van der Waals surface area contributed by atoms with Crippen LogP contribution < -0.4 is 0 Å². The Morgan fingerprint density at radius 2 is 1.33 bits per heavy atom. The molecule has 0 radical (unpaired) electrons. The van der Waals surface area contributed by atoms with Crippen molar-refractivity contribution in [3.8, 4) is 0 Å². The van der Waals surface area contributed by atoms with Crippen molar-refractivity contribution in [3.05, 3.63) is 0 Å². The molecule has 0 fully saturated rings. The Hall–Kier alpha value is -1.06. The predicted octanol–water partition coefficient (Wildman–Crippen LogP) is 2.67. The Bertz CT molecular complexity index is 318. The van der Waals surface area contributed by atoms with Gasteiger partial charge < -0.3 is 9.47 Å². The van der Waals surface area contributed by atoms with Crippen molar-refractivity contribution in [3.63, 3.8) is 0 Å². The summed E-state index contributed by atoms with van der Waals surface area (Å²) in [6.07, 6.45) is 2.24. The van der Waals surface area contributed by atoms with Crippen LogP contribution in [0.2, 0.25) is 0 Å². The lowest BCUT2D eigenvalue weighted by Gasteiger charge is -2.11. The van der Waals surface area contributed by atoms with Crippen LogP contribution in [-0.4, -0.2) is 37.1 Å². The van der Waals surface area contributed by atoms with E-state index in [9.17, 15) is 0 Å². The van der Waals surface area contributed by atoms with Gasteiger partial charge in [0.1, 0.15) is 13.2 Å². The van der Waals surface area contributed by atoms with Crippen molar-refractivity contribution >= 4 is 11.8 Å². The molecule has 0 aromatic carbocycles. The maximum absolute atomic E-state index is 5.63. The monoisotopic (exact) mass is 252 g/mol. The molecule has 0 aromatic rings. The largest absolute Gasteiger partial charge is 0.472 e. The second-order valence-electron chi connectivity index (χ2n) is 5.40. The van der Waals surface area contributed by atoms with Crippen molar-refractivity contribution in [1.29, 1.82) is 0 Å². The normalized spacial score (nSPS) is 30.2. The molecule has 4 nitrogen and oxygen atoms in total. The molecule has 0 aromatic heterocycles. The van der Waals surface area contributed by atoms with E-state index in [1.807, 2.05) is 0 Å². The van der Waals surface area contributed by atoms with Gasteiger partial charge in [-0.05, 0) is 11.8 Å². The van der Waals surface area contributed by atoms with Crippen LogP contribution in [0.1, 0.15) is 40.5 Å². The molecule has 0 aliphatic carbocycles. The highest BCUT2D eigenvalue weighted by molar-refractivity contribution is 6.36. The summed E-state index contributed by atoms with van der Waals surface area (Å²) in [5.41, 5.74) is 0. The van der Waals surface area contributed by atoms with Crippen LogP contribution in [0, 0.1) is 11.8 Å². The Kier molecular flexibility index (Phi) is 4.25. The van der Waals surface area contributed by atoms with Gasteiger partial charge in [-0.3, -0.25) is 0 Å². The fourth-order valence-corrected chi connectivity index (χ4v) is 2.14. The zero-order valence-electron chi connectivity index (χ0n) is 11.8. The molecular weight excluding hydrogens is 228 g/mol. The molecule has 0 N–H and O–H groups in total. The molecule has 0 bridgehead atoms. The molecule has 2 heterocycles. The fraction of sp³-hybridized carbons (Fsp3) is 0.857. The average molecular weight is 252 g/mol. The van der Waals surface area contributed by atoms with Crippen molar-refractivity contribution in [2.24, 2.45) is 21.8 Å². The summed E-state index contributed by atoms with van der Waals surface area (Å²) in [6, 6.07) is 0.526. The Morgan fingerprint density at radius 1 is 0.944 bits per heavy atom. The first-order chi connectivity index (χ1) is 8.65. The molecule has 0 amide bonds. The van der Waals surface area contributed by atoms with Gasteiger partial charge in [0.2, 0.25) is 0 Å². The molecule has 0 spiro atoms. The molecule has 102 valence electrons. The van der Waals surface area contributed by atoms with Crippen molar-refractivity contribution in [2.75, 3.05) is 13.2 Å². The standard InChI is InChI=1S/C14H24N2O2/c1-5-9(3)11-7-17-13(15-11)14-16-12(8-18-14)10(4)6-2/h9-12H,5-8H2,1-4H3. The average Bonchev–Trinajstić information content (AvgIpc) is 3.04. The molecule has 4 atom stereocenters. The smallest absolute Gasteiger partial charge is 0.273 e. The number of rotatable bonds is 5. The molecule has 0 saturated carbocycles. The summed E-state index contributed by atoms with van der Waals surface area (Å²) in [4.78, 5) is 9.20. The van der Waals surface area contributed by atoms with Gasteiger partial charge in [0.05, 0.1) is 12.1 Å². The number of ether oxygens (including phenoxy) is 2. The first-order valence-electron chi connectivity index (χ1n) is 7.07. The topological polar surface area (TPSA) is 43.2 Å². The maximum atomic E-state index is 5.63. The van der Waals surface area contributed by atoms with E-state index in [1.165, 1.54) is 0 Å². The molecular formula is C14H24N2O2. The van der Waals surface area contributed by atoms with Crippen molar-refractivity contribution in [2.45, 2.75) is 52.6 Å². The van der Waals surface area contributed by atoms with E-state index in [4.69, 9.17) is 9.47 Å². The minimum absolute atomic E-state index is 0.263. The van der Waals surface area contributed by atoms with Crippen molar-refractivity contribution in [1.82, 2.24) is 0 Å². The molecule has 18 heavy (non-hydrogen) atoms. The third-order valence-corrected chi connectivity index (χ3v) is 4.13. The number of hydrogen-bond donors (Lipinski definition) is 0. The Balaban J connectivity index is 2.01. The summed E-state index contributed by atoms with van der Waals surface area (Å²) >= 11 is 0. The zero-order valence-corrected chi connectivity index (χ0v) is 11.8. The number of aliphatic imine (C=N–C) groups is 2. The summed E-state index contributed by atoms with van der Waals surface area (Å²) in [7, 11) is 0. The van der Waals surface area contributed by atoms with Crippen LogP contribution in [0.25, 0.3) is 0 Å². The summed E-state index contributed by atoms with van der Waals surface area (Å²) in [5, 5.41) is 0. The van der Waals surface area contributed by atoms with E-state index in [1.54, 1.807) is 0 Å². The molecule has 4 unspecified atom stereocenters. The van der Waals surface area contributed by atoms with Gasteiger partial charge in [0.15, 0.2) is 0 Å². The van der Waals surface area contributed by atoms with Crippen LogP contribution in [0.15, 0.2) is 9.98 Å². The van der Waals surface area contributed by atoms with Gasteiger partial charge in [-0.15, -0.1) is 0 Å². The lowest BCUT2D eigenvalue weighted by Crippen LogP contribution is -2.16. The second kappa shape index (κ2) is 5.72. The van der Waals surface area contributed by atoms with Gasteiger partial charge in [-0.1, -0.05) is 40.5 Å². The molecule has 0 saturated heterocycles. The Morgan fingerprint density at radius 3 is 1.67 bits per heavy atom. The summed E-state index contributed by atoms with van der Waals surface area (Å²) < 4.78 is 11.3. The maximum Gasteiger partial charge on any atom is 0.273 e. The van der Waals surface area contributed by atoms with Crippen LogP contribution >= 0.6 is 0 Å². The quantitative estimate of drug-likeness (QED) is 0.755. The highest BCUT2D eigenvalue weighted by Crippen LogP contribution is 2.21. The van der Waals surface area contributed by atoms with Crippen LogP contribution in [0.4, 0.5) is 0 Å². The third kappa shape index (κ3) is 2.68. The molecule has 2 rings (SSSR count). The molecule has 2 aliphatic rings. The minimum atomic E-state index is 0.263. The Labute approximate surface area is 109 Å². The van der Waals surface area contributed by atoms with E-state index in [-0.39, 0.29) is 12.1 Å². The highest BCUT2D eigenvalue weighted by Gasteiger charge is 2.32.